The molecule has 2 aliphatic rings. The van der Waals surface area contributed by atoms with Crippen molar-refractivity contribution in [3.8, 4) is 11.1 Å². The second kappa shape index (κ2) is 16.7. The van der Waals surface area contributed by atoms with Gasteiger partial charge in [0.1, 0.15) is 17.8 Å². The van der Waals surface area contributed by atoms with Gasteiger partial charge in [-0.05, 0) is 44.6 Å². The minimum Gasteiger partial charge on any atom is -0.449 e. The molecular weight excluding hydrogens is 632 g/mol. The van der Waals surface area contributed by atoms with Gasteiger partial charge in [-0.3, -0.25) is 9.59 Å². The fourth-order valence-corrected chi connectivity index (χ4v) is 7.88. The maximum Gasteiger partial charge on any atom is 0.407 e. The van der Waals surface area contributed by atoms with Crippen LogP contribution in [-0.4, -0.2) is 81.1 Å². The summed E-state index contributed by atoms with van der Waals surface area (Å²) < 4.78 is 7.26. The number of amides is 4. The van der Waals surface area contributed by atoms with Crippen molar-refractivity contribution >= 4 is 52.4 Å². The van der Waals surface area contributed by atoms with E-state index in [1.54, 1.807) is 0 Å². The van der Waals surface area contributed by atoms with E-state index < -0.39 is 6.09 Å². The first kappa shape index (κ1) is 35.0. The predicted molar refractivity (Wildman–Crippen MR) is 187 cm³/mol. The zero-order valence-electron chi connectivity index (χ0n) is 27.7. The number of carbonyl (C=O) groups excluding carboxylic acids is 4. The largest absolute Gasteiger partial charge is 0.449 e. The van der Waals surface area contributed by atoms with Crippen LogP contribution in [0.2, 0.25) is 0 Å². The van der Waals surface area contributed by atoms with Crippen molar-refractivity contribution in [2.75, 3.05) is 31.2 Å². The molecule has 0 saturated carbocycles. The molecule has 4 amide bonds. The molecule has 0 bridgehead atoms. The summed E-state index contributed by atoms with van der Waals surface area (Å²) in [4.78, 5) is 57.9. The molecule has 0 spiro atoms. The summed E-state index contributed by atoms with van der Waals surface area (Å²) in [6.45, 7) is 5.39. The molecule has 2 fully saturated rings. The normalized spacial score (nSPS) is 18.3. The number of carbonyl (C=O) groups is 4. The van der Waals surface area contributed by atoms with Crippen LogP contribution < -0.4 is 27.0 Å². The number of nitrogen functional groups attached to an aromatic ring is 1. The first-order chi connectivity index (χ1) is 23.3. The van der Waals surface area contributed by atoms with E-state index in [4.69, 9.17) is 10.5 Å². The molecule has 3 aromatic rings. The van der Waals surface area contributed by atoms with E-state index in [9.17, 15) is 19.2 Å². The highest BCUT2D eigenvalue weighted by Crippen LogP contribution is 2.38. The van der Waals surface area contributed by atoms with Gasteiger partial charge in [-0.1, -0.05) is 43.2 Å². The van der Waals surface area contributed by atoms with Crippen molar-refractivity contribution in [2.24, 2.45) is 0 Å². The van der Waals surface area contributed by atoms with Gasteiger partial charge in [0.2, 0.25) is 5.91 Å². The third kappa shape index (κ3) is 8.57. The van der Waals surface area contributed by atoms with Crippen LogP contribution in [0.4, 0.5) is 15.4 Å². The number of alkyl carbamates (subject to hydrolysis) is 1. The summed E-state index contributed by atoms with van der Waals surface area (Å²) in [6.07, 6.45) is 6.37. The fourth-order valence-electron chi connectivity index (χ4n) is 6.34. The molecule has 0 radical (unpaired) electrons. The lowest BCUT2D eigenvalue weighted by Gasteiger charge is -2.16. The number of ketones is 1. The molecule has 4 heterocycles. The van der Waals surface area contributed by atoms with Crippen molar-refractivity contribution < 1.29 is 23.9 Å². The molecular formula is C34H46N8O5S. The number of Topliss-reactive ketones (excluding diaryl/α,β-unsaturated/α-hetero) is 1. The third-order valence-electron chi connectivity index (χ3n) is 8.83. The number of aromatic nitrogens is 3. The monoisotopic (exact) mass is 678 g/mol. The second-order valence-electron chi connectivity index (χ2n) is 12.3. The Balaban J connectivity index is 0.987. The van der Waals surface area contributed by atoms with Gasteiger partial charge in [0.05, 0.1) is 29.8 Å². The predicted octanol–water partition coefficient (Wildman–Crippen LogP) is 4.32. The second-order valence-corrected chi connectivity index (χ2v) is 13.6. The average molecular weight is 679 g/mol. The number of urea groups is 1. The Morgan fingerprint density at radius 1 is 1.04 bits per heavy atom. The molecule has 3 unspecified atom stereocenters. The molecule has 1 aromatic carbocycles. The molecule has 6 N–H and O–H groups in total. The fraction of sp³-hybridized carbons (Fsp3) is 0.529. The molecule has 14 heteroatoms. The van der Waals surface area contributed by atoms with Crippen LogP contribution in [0.15, 0.2) is 30.6 Å². The lowest BCUT2D eigenvalue weighted by Crippen LogP contribution is -2.36. The smallest absolute Gasteiger partial charge is 0.407 e. The number of hydrogen-bond acceptors (Lipinski definition) is 9. The van der Waals surface area contributed by atoms with E-state index >= 15 is 0 Å². The Morgan fingerprint density at radius 3 is 2.58 bits per heavy atom. The highest BCUT2D eigenvalue weighted by atomic mass is 32.2. The lowest BCUT2D eigenvalue weighted by atomic mass is 9.99. The SMILES string of the molecule is CCC(=O)c1c(-c2ccc(C)cc2)c2c(N)ncnc2n1CCCOC(=O)NCCCCNC(=O)CCCCC1SCC2NC(=O)NC21. The number of nitrogens with one attached hydrogen (secondary N) is 4. The van der Waals surface area contributed by atoms with Gasteiger partial charge >= 0.3 is 12.1 Å². The van der Waals surface area contributed by atoms with E-state index in [-0.39, 0.29) is 36.4 Å². The number of ether oxygens (including phenoxy) is 1. The summed E-state index contributed by atoms with van der Waals surface area (Å²) in [7, 11) is 0. The van der Waals surface area contributed by atoms with Crippen LogP contribution >= 0.6 is 11.8 Å². The number of unbranched alkanes of at least 4 members (excludes halogenated alkanes) is 2. The summed E-state index contributed by atoms with van der Waals surface area (Å²) in [5.41, 5.74) is 10.1. The lowest BCUT2D eigenvalue weighted by molar-refractivity contribution is -0.121. The number of thioether (sulfide) groups is 1. The minimum absolute atomic E-state index is 0.0338. The molecule has 13 nitrogen and oxygen atoms in total. The van der Waals surface area contributed by atoms with E-state index in [1.165, 1.54) is 6.33 Å². The maximum absolute atomic E-state index is 13.2. The minimum atomic E-state index is -0.507. The van der Waals surface area contributed by atoms with Crippen LogP contribution in [-0.2, 0) is 16.1 Å². The number of hydrogen-bond donors (Lipinski definition) is 5. The Morgan fingerprint density at radius 2 is 1.81 bits per heavy atom. The van der Waals surface area contributed by atoms with Crippen molar-refractivity contribution in [3.63, 3.8) is 0 Å². The topological polar surface area (TPSA) is 182 Å². The number of benzene rings is 1. The summed E-state index contributed by atoms with van der Waals surface area (Å²) >= 11 is 1.89. The van der Waals surface area contributed by atoms with Crippen molar-refractivity contribution in [2.45, 2.75) is 89.1 Å². The quantitative estimate of drug-likeness (QED) is 0.0789. The first-order valence-corrected chi connectivity index (χ1v) is 17.9. The molecule has 2 saturated heterocycles. The summed E-state index contributed by atoms with van der Waals surface area (Å²) in [6, 6.07) is 8.28. The van der Waals surface area contributed by atoms with Crippen LogP contribution in [0.1, 0.15) is 74.3 Å². The average Bonchev–Trinajstić information content (AvgIpc) is 3.74. The third-order valence-corrected chi connectivity index (χ3v) is 10.3. The van der Waals surface area contributed by atoms with Gasteiger partial charge in [0, 0.05) is 49.0 Å². The first-order valence-electron chi connectivity index (χ1n) is 16.9. The van der Waals surface area contributed by atoms with Crippen LogP contribution in [0.3, 0.4) is 0 Å². The van der Waals surface area contributed by atoms with E-state index in [0.29, 0.717) is 73.1 Å². The highest BCUT2D eigenvalue weighted by molar-refractivity contribution is 8.00. The number of nitrogens with two attached hydrogens (primary N) is 1. The van der Waals surface area contributed by atoms with E-state index in [1.807, 2.05) is 54.4 Å². The number of anilines is 1. The van der Waals surface area contributed by atoms with Gasteiger partial charge in [-0.25, -0.2) is 19.6 Å². The molecule has 48 heavy (non-hydrogen) atoms. The molecule has 0 aliphatic carbocycles. The maximum atomic E-state index is 13.2. The van der Waals surface area contributed by atoms with Crippen molar-refractivity contribution in [1.82, 2.24) is 35.8 Å². The molecule has 3 atom stereocenters. The summed E-state index contributed by atoms with van der Waals surface area (Å²) in [5.74, 6) is 1.25. The van der Waals surface area contributed by atoms with Crippen LogP contribution in [0, 0.1) is 6.92 Å². The number of rotatable bonds is 17. The van der Waals surface area contributed by atoms with Crippen molar-refractivity contribution in [3.05, 3.63) is 41.9 Å². The number of nitrogens with zero attached hydrogens (tertiary/aromatic N) is 3. The molecule has 5 rings (SSSR count). The molecule has 258 valence electrons. The zero-order chi connectivity index (χ0) is 34.0. The van der Waals surface area contributed by atoms with Gasteiger partial charge in [-0.15, -0.1) is 0 Å². The van der Waals surface area contributed by atoms with Gasteiger partial charge in [0.15, 0.2) is 5.78 Å². The number of fused-ring (bicyclic) bond motifs is 2. The Bertz CT molecular complexity index is 1610. The number of aryl methyl sites for hydroxylation is 2. The van der Waals surface area contributed by atoms with Crippen molar-refractivity contribution in [1.29, 1.82) is 0 Å². The van der Waals surface area contributed by atoms with E-state index in [0.717, 1.165) is 48.1 Å². The zero-order valence-corrected chi connectivity index (χ0v) is 28.5. The van der Waals surface area contributed by atoms with E-state index in [2.05, 4.69) is 31.2 Å². The molecule has 2 aromatic heterocycles. The highest BCUT2D eigenvalue weighted by Gasteiger charge is 2.42. The Labute approximate surface area is 284 Å². The molecule has 2 aliphatic heterocycles. The van der Waals surface area contributed by atoms with Crippen LogP contribution in [0.5, 0.6) is 0 Å². The van der Waals surface area contributed by atoms with Crippen LogP contribution in [0.25, 0.3) is 22.2 Å². The Kier molecular flexibility index (Phi) is 12.2. The van der Waals surface area contributed by atoms with Gasteiger partial charge in [-0.2, -0.15) is 11.8 Å². The van der Waals surface area contributed by atoms with Gasteiger partial charge in [0.25, 0.3) is 0 Å². The standard InChI is InChI=1S/C34H46N8O5S/c1-3-24(43)30-27(22-13-11-21(2)12-14-22)28-31(35)38-20-39-32(28)42(30)17-8-18-47-34(46)37-16-7-6-15-36-26(44)10-5-4-9-25-29-23(19-48-25)40-33(45)41-29/h11-14,20,23,25,29H,3-10,15-19H2,1-2H3,(H,36,44)(H,37,46)(H2,35,38,39)(H2,40,41,45). The Hall–Kier alpha value is -4.33. The summed E-state index contributed by atoms with van der Waals surface area (Å²) in [5, 5.41) is 12.7. The van der Waals surface area contributed by atoms with Gasteiger partial charge < -0.3 is 36.3 Å².